The average molecular weight is 225 g/mol. The Bertz CT molecular complexity index is 696. The molecule has 0 saturated heterocycles. The first kappa shape index (κ1) is 9.10. The SMILES string of the molecule is O=c1nnc2c3c4c(cccc14)NC3CCC2. The van der Waals surface area contributed by atoms with E-state index in [1.807, 2.05) is 18.2 Å². The molecule has 17 heavy (non-hydrogen) atoms. The van der Waals surface area contributed by atoms with Crippen LogP contribution in [-0.2, 0) is 6.42 Å². The lowest BCUT2D eigenvalue weighted by Gasteiger charge is -2.19. The first-order chi connectivity index (χ1) is 8.34. The van der Waals surface area contributed by atoms with Gasteiger partial charge >= 0.3 is 0 Å². The molecule has 84 valence electrons. The fourth-order valence-electron chi connectivity index (χ4n) is 3.01. The zero-order valence-electron chi connectivity index (χ0n) is 9.23. The second-order valence-electron chi connectivity index (χ2n) is 4.68. The Morgan fingerprint density at radius 1 is 1.29 bits per heavy atom. The van der Waals surface area contributed by atoms with Gasteiger partial charge in [-0.25, -0.2) is 0 Å². The van der Waals surface area contributed by atoms with Gasteiger partial charge in [-0.1, -0.05) is 6.07 Å². The van der Waals surface area contributed by atoms with E-state index in [0.717, 1.165) is 36.0 Å². The maximum atomic E-state index is 11.9. The van der Waals surface area contributed by atoms with E-state index in [0.29, 0.717) is 11.4 Å². The van der Waals surface area contributed by atoms with Crippen molar-refractivity contribution in [1.29, 1.82) is 0 Å². The van der Waals surface area contributed by atoms with Gasteiger partial charge in [0.25, 0.3) is 5.56 Å². The number of aromatic nitrogens is 2. The van der Waals surface area contributed by atoms with Gasteiger partial charge in [0.15, 0.2) is 0 Å². The van der Waals surface area contributed by atoms with E-state index in [-0.39, 0.29) is 5.56 Å². The molecule has 2 aromatic rings. The third-order valence-electron chi connectivity index (χ3n) is 3.72. The van der Waals surface area contributed by atoms with Crippen molar-refractivity contribution in [2.24, 2.45) is 0 Å². The number of anilines is 1. The highest BCUT2D eigenvalue weighted by atomic mass is 16.1. The Morgan fingerprint density at radius 2 is 2.24 bits per heavy atom. The third-order valence-corrected chi connectivity index (χ3v) is 3.72. The topological polar surface area (TPSA) is 54.9 Å². The van der Waals surface area contributed by atoms with Crippen molar-refractivity contribution >= 4 is 16.5 Å². The summed E-state index contributed by atoms with van der Waals surface area (Å²) in [6.07, 6.45) is 3.14. The van der Waals surface area contributed by atoms with E-state index in [1.165, 1.54) is 5.56 Å². The molecular weight excluding hydrogens is 214 g/mol. The third kappa shape index (κ3) is 1.10. The molecule has 1 N–H and O–H groups in total. The van der Waals surface area contributed by atoms with Gasteiger partial charge in [-0.05, 0) is 31.4 Å². The molecule has 1 aromatic heterocycles. The summed E-state index contributed by atoms with van der Waals surface area (Å²) >= 11 is 0. The molecule has 4 rings (SSSR count). The van der Waals surface area contributed by atoms with Gasteiger partial charge in [-0.2, -0.15) is 5.10 Å². The van der Waals surface area contributed by atoms with Crippen LogP contribution in [0.5, 0.6) is 0 Å². The van der Waals surface area contributed by atoms with Crippen molar-refractivity contribution in [3.63, 3.8) is 0 Å². The Kier molecular flexibility index (Phi) is 1.62. The number of nitrogens with one attached hydrogen (secondary N) is 1. The molecule has 1 aliphatic carbocycles. The standard InChI is InChI=1S/C13H11N3O/c17-13-7-3-1-4-8-11(7)12-9(14-8)5-2-6-10(12)15-16-13/h1,3-4,9,14H,2,5-6H2. The molecule has 1 aromatic carbocycles. The Morgan fingerprint density at radius 3 is 3.18 bits per heavy atom. The van der Waals surface area contributed by atoms with Crippen molar-refractivity contribution in [3.05, 3.63) is 39.8 Å². The minimum absolute atomic E-state index is 0.223. The largest absolute Gasteiger partial charge is 0.378 e. The van der Waals surface area contributed by atoms with Crippen LogP contribution in [0.4, 0.5) is 5.69 Å². The quantitative estimate of drug-likeness (QED) is 0.742. The molecule has 0 amide bonds. The maximum Gasteiger partial charge on any atom is 0.296 e. The lowest BCUT2D eigenvalue weighted by molar-refractivity contribution is 0.596. The van der Waals surface area contributed by atoms with E-state index in [1.54, 1.807) is 0 Å². The van der Waals surface area contributed by atoms with E-state index in [4.69, 9.17) is 0 Å². The highest BCUT2D eigenvalue weighted by Gasteiger charge is 2.30. The minimum atomic E-state index is -0.223. The highest BCUT2D eigenvalue weighted by molar-refractivity contribution is 5.99. The molecule has 4 heteroatoms. The van der Waals surface area contributed by atoms with E-state index in [2.05, 4.69) is 15.5 Å². The summed E-state index contributed by atoms with van der Waals surface area (Å²) in [5, 5.41) is 13.2. The molecule has 2 heterocycles. The fraction of sp³-hybridized carbons (Fsp3) is 0.308. The predicted molar refractivity (Wildman–Crippen MR) is 65.1 cm³/mol. The summed E-state index contributed by atoms with van der Waals surface area (Å²) in [6, 6.07) is 6.09. The Balaban J connectivity index is 2.29. The first-order valence-electron chi connectivity index (χ1n) is 5.93. The van der Waals surface area contributed by atoms with Crippen molar-refractivity contribution < 1.29 is 0 Å². The van der Waals surface area contributed by atoms with Gasteiger partial charge in [0.05, 0.1) is 17.1 Å². The fourth-order valence-corrected chi connectivity index (χ4v) is 3.01. The van der Waals surface area contributed by atoms with Crippen LogP contribution in [0.3, 0.4) is 0 Å². The predicted octanol–water partition coefficient (Wildman–Crippen LogP) is 1.79. The number of hydrogen-bond acceptors (Lipinski definition) is 4. The molecule has 1 aliphatic heterocycles. The molecule has 4 nitrogen and oxygen atoms in total. The normalized spacial score (nSPS) is 20.4. The van der Waals surface area contributed by atoms with Crippen LogP contribution in [0.1, 0.15) is 30.1 Å². The van der Waals surface area contributed by atoms with Crippen LogP contribution < -0.4 is 10.9 Å². The molecule has 1 atom stereocenters. The molecule has 0 fully saturated rings. The smallest absolute Gasteiger partial charge is 0.296 e. The van der Waals surface area contributed by atoms with Crippen LogP contribution in [0.25, 0.3) is 10.8 Å². The molecule has 0 bridgehead atoms. The molecule has 0 spiro atoms. The second kappa shape index (κ2) is 3.03. The summed E-state index contributed by atoms with van der Waals surface area (Å²) in [6.45, 7) is 0. The van der Waals surface area contributed by atoms with Crippen LogP contribution in [0.2, 0.25) is 0 Å². The number of nitrogens with zero attached hydrogens (tertiary/aromatic N) is 2. The number of hydrogen-bond donors (Lipinski definition) is 1. The van der Waals surface area contributed by atoms with Crippen molar-refractivity contribution in [1.82, 2.24) is 10.2 Å². The Hall–Kier alpha value is -1.97. The van der Waals surface area contributed by atoms with Crippen LogP contribution in [0, 0.1) is 0 Å². The average Bonchev–Trinajstić information content (AvgIpc) is 2.67. The second-order valence-corrected chi connectivity index (χ2v) is 4.68. The van der Waals surface area contributed by atoms with E-state index < -0.39 is 0 Å². The van der Waals surface area contributed by atoms with Crippen LogP contribution >= 0.6 is 0 Å². The van der Waals surface area contributed by atoms with Gasteiger partial charge in [0, 0.05) is 16.6 Å². The molecule has 0 saturated carbocycles. The van der Waals surface area contributed by atoms with Gasteiger partial charge in [0.2, 0.25) is 0 Å². The molecule has 1 unspecified atom stereocenters. The number of benzene rings is 1. The van der Waals surface area contributed by atoms with Crippen molar-refractivity contribution in [2.75, 3.05) is 5.32 Å². The van der Waals surface area contributed by atoms with E-state index in [9.17, 15) is 4.79 Å². The molecule has 0 radical (unpaired) electrons. The van der Waals surface area contributed by atoms with Gasteiger partial charge in [-0.3, -0.25) is 4.79 Å². The number of rotatable bonds is 0. The first-order valence-corrected chi connectivity index (χ1v) is 5.93. The lowest BCUT2D eigenvalue weighted by atomic mass is 9.92. The van der Waals surface area contributed by atoms with Crippen molar-refractivity contribution in [3.8, 4) is 0 Å². The van der Waals surface area contributed by atoms with Crippen molar-refractivity contribution in [2.45, 2.75) is 25.3 Å². The maximum absolute atomic E-state index is 11.9. The summed E-state index contributed by atoms with van der Waals surface area (Å²) in [7, 11) is 0. The summed E-state index contributed by atoms with van der Waals surface area (Å²) in [4.78, 5) is 11.9. The summed E-state index contributed by atoms with van der Waals surface area (Å²) in [5.74, 6) is 0. The van der Waals surface area contributed by atoms with Crippen LogP contribution in [0.15, 0.2) is 23.0 Å². The number of aryl methyl sites for hydroxylation is 1. The highest BCUT2D eigenvalue weighted by Crippen LogP contribution is 2.43. The van der Waals surface area contributed by atoms with Crippen LogP contribution in [-0.4, -0.2) is 10.2 Å². The molecule has 2 aliphatic rings. The zero-order chi connectivity index (χ0) is 11.4. The summed E-state index contributed by atoms with van der Waals surface area (Å²) in [5.41, 5.74) is 3.03. The zero-order valence-corrected chi connectivity index (χ0v) is 9.23. The van der Waals surface area contributed by atoms with Gasteiger partial charge < -0.3 is 5.32 Å². The lowest BCUT2D eigenvalue weighted by Crippen LogP contribution is -2.13. The molecular formula is C13H11N3O. The summed E-state index contributed by atoms with van der Waals surface area (Å²) < 4.78 is 0. The van der Waals surface area contributed by atoms with Gasteiger partial charge in [-0.15, -0.1) is 5.10 Å². The van der Waals surface area contributed by atoms with E-state index >= 15 is 0 Å². The monoisotopic (exact) mass is 225 g/mol. The Labute approximate surface area is 97.7 Å². The minimum Gasteiger partial charge on any atom is -0.378 e. The van der Waals surface area contributed by atoms with Gasteiger partial charge in [0.1, 0.15) is 0 Å².